The molecule has 22 heavy (non-hydrogen) atoms. The maximum atomic E-state index is 12.3. The van der Waals surface area contributed by atoms with E-state index in [1.165, 1.54) is 0 Å². The molecule has 0 aromatic rings. The minimum atomic E-state index is -0.814. The normalized spacial score (nSPS) is 31.7. The summed E-state index contributed by atoms with van der Waals surface area (Å²) in [6, 6.07) is 0.0714. The smallest absolute Gasteiger partial charge is 0.317 e. The number of urea groups is 1. The average Bonchev–Trinajstić information content (AvgIpc) is 2.42. The Balaban J connectivity index is 1.77. The van der Waals surface area contributed by atoms with E-state index in [0.29, 0.717) is 13.1 Å². The van der Waals surface area contributed by atoms with E-state index >= 15 is 0 Å². The van der Waals surface area contributed by atoms with Crippen LogP contribution in [-0.2, 0) is 4.79 Å². The number of carbonyl (C=O) groups is 2. The molecule has 2 atom stereocenters. The molecule has 7 heteroatoms. The summed E-state index contributed by atoms with van der Waals surface area (Å²) < 4.78 is 0. The van der Waals surface area contributed by atoms with E-state index in [-0.39, 0.29) is 30.7 Å². The first kappa shape index (κ1) is 17.0. The van der Waals surface area contributed by atoms with Crippen LogP contribution in [-0.4, -0.2) is 75.9 Å². The number of amides is 2. The summed E-state index contributed by atoms with van der Waals surface area (Å²) in [7, 11) is 0. The summed E-state index contributed by atoms with van der Waals surface area (Å²) in [5.41, 5.74) is 0. The number of rotatable bonds is 5. The third-order valence-electron chi connectivity index (χ3n) is 4.91. The third-order valence-corrected chi connectivity index (χ3v) is 4.91. The summed E-state index contributed by atoms with van der Waals surface area (Å²) in [6.07, 6.45) is 2.71. The van der Waals surface area contributed by atoms with Gasteiger partial charge in [-0.2, -0.15) is 0 Å². The summed E-state index contributed by atoms with van der Waals surface area (Å²) in [5.74, 6) is -0.814. The lowest BCUT2D eigenvalue weighted by molar-refractivity contribution is -0.139. The van der Waals surface area contributed by atoms with E-state index in [2.05, 4.69) is 5.32 Å². The maximum Gasteiger partial charge on any atom is 0.317 e. The molecular weight excluding hydrogens is 286 g/mol. The van der Waals surface area contributed by atoms with E-state index in [9.17, 15) is 14.7 Å². The molecule has 0 bridgehead atoms. The number of carbonyl (C=O) groups excluding carboxylic acids is 1. The molecule has 0 radical (unpaired) electrons. The van der Waals surface area contributed by atoms with Crippen LogP contribution >= 0.6 is 0 Å². The van der Waals surface area contributed by atoms with E-state index in [1.807, 2.05) is 18.7 Å². The van der Waals surface area contributed by atoms with Crippen molar-refractivity contribution in [2.24, 2.45) is 0 Å². The zero-order valence-electron chi connectivity index (χ0n) is 13.4. The number of piperidine rings is 1. The first-order chi connectivity index (χ1) is 10.4. The summed E-state index contributed by atoms with van der Waals surface area (Å²) in [6.45, 7) is 5.26. The Morgan fingerprint density at radius 2 is 2.05 bits per heavy atom. The van der Waals surface area contributed by atoms with Gasteiger partial charge in [-0.25, -0.2) is 4.79 Å². The monoisotopic (exact) mass is 313 g/mol. The van der Waals surface area contributed by atoms with Crippen LogP contribution in [0.3, 0.4) is 0 Å². The van der Waals surface area contributed by atoms with Crippen molar-refractivity contribution in [2.75, 3.05) is 19.6 Å². The number of carboxylic acid groups (broad SMARTS) is 1. The van der Waals surface area contributed by atoms with E-state index in [0.717, 1.165) is 25.7 Å². The lowest BCUT2D eigenvalue weighted by atomic mass is 9.85. The lowest BCUT2D eigenvalue weighted by Crippen LogP contribution is -2.59. The number of likely N-dealkylation sites (tertiary alicyclic amines) is 1. The predicted molar refractivity (Wildman–Crippen MR) is 81.6 cm³/mol. The molecule has 2 fully saturated rings. The van der Waals surface area contributed by atoms with Crippen molar-refractivity contribution < 1.29 is 19.8 Å². The molecule has 3 N–H and O–H groups in total. The highest BCUT2D eigenvalue weighted by Gasteiger charge is 2.37. The minimum Gasteiger partial charge on any atom is -0.480 e. The Morgan fingerprint density at radius 1 is 1.36 bits per heavy atom. The SMILES string of the molecule is CCN(CC(=O)O)C1CC(NC(=O)N2CCCC(O)C2C)C1. The van der Waals surface area contributed by atoms with Crippen LogP contribution < -0.4 is 5.32 Å². The van der Waals surface area contributed by atoms with Gasteiger partial charge in [0.1, 0.15) is 0 Å². The van der Waals surface area contributed by atoms with E-state index in [4.69, 9.17) is 5.11 Å². The van der Waals surface area contributed by atoms with Crippen LogP contribution in [0.25, 0.3) is 0 Å². The van der Waals surface area contributed by atoms with E-state index in [1.54, 1.807) is 4.90 Å². The Labute approximate surface area is 131 Å². The van der Waals surface area contributed by atoms with Gasteiger partial charge >= 0.3 is 12.0 Å². The highest BCUT2D eigenvalue weighted by molar-refractivity contribution is 5.75. The third kappa shape index (κ3) is 3.89. The first-order valence-corrected chi connectivity index (χ1v) is 8.13. The van der Waals surface area contributed by atoms with Crippen LogP contribution in [0.4, 0.5) is 4.79 Å². The number of aliphatic carboxylic acids is 1. The first-order valence-electron chi connectivity index (χ1n) is 8.13. The van der Waals surface area contributed by atoms with Gasteiger partial charge in [0.15, 0.2) is 0 Å². The fourth-order valence-electron chi connectivity index (χ4n) is 3.34. The van der Waals surface area contributed by atoms with Gasteiger partial charge in [0, 0.05) is 18.6 Å². The van der Waals surface area contributed by atoms with Crippen molar-refractivity contribution in [3.8, 4) is 0 Å². The lowest BCUT2D eigenvalue weighted by Gasteiger charge is -2.44. The number of nitrogens with one attached hydrogen (secondary N) is 1. The fourth-order valence-corrected chi connectivity index (χ4v) is 3.34. The second-order valence-electron chi connectivity index (χ2n) is 6.37. The number of likely N-dealkylation sites (N-methyl/N-ethyl adjacent to an activating group) is 1. The molecular formula is C15H27N3O4. The van der Waals surface area contributed by atoms with Crippen molar-refractivity contribution in [1.29, 1.82) is 0 Å². The van der Waals surface area contributed by atoms with Gasteiger partial charge in [-0.05, 0) is 39.2 Å². The molecule has 0 aromatic heterocycles. The predicted octanol–water partition coefficient (Wildman–Crippen LogP) is 0.479. The van der Waals surface area contributed by atoms with Gasteiger partial charge < -0.3 is 20.4 Å². The molecule has 1 heterocycles. The quantitative estimate of drug-likeness (QED) is 0.686. The topological polar surface area (TPSA) is 93.1 Å². The number of aliphatic hydroxyl groups excluding tert-OH is 1. The number of hydrogen-bond donors (Lipinski definition) is 3. The Hall–Kier alpha value is -1.34. The van der Waals surface area contributed by atoms with Gasteiger partial charge in [-0.15, -0.1) is 0 Å². The molecule has 2 unspecified atom stereocenters. The van der Waals surface area contributed by atoms with Crippen molar-refractivity contribution in [3.05, 3.63) is 0 Å². The second-order valence-corrected chi connectivity index (χ2v) is 6.37. The highest BCUT2D eigenvalue weighted by Crippen LogP contribution is 2.26. The minimum absolute atomic E-state index is 0.0528. The molecule has 1 aliphatic carbocycles. The van der Waals surface area contributed by atoms with Gasteiger partial charge in [0.2, 0.25) is 0 Å². The molecule has 0 aromatic carbocycles. The van der Waals surface area contributed by atoms with Crippen LogP contribution in [0.2, 0.25) is 0 Å². The van der Waals surface area contributed by atoms with Gasteiger partial charge in [-0.3, -0.25) is 9.69 Å². The number of carboxylic acids is 1. The average molecular weight is 313 g/mol. The van der Waals surface area contributed by atoms with Crippen LogP contribution in [0.1, 0.15) is 39.5 Å². The number of aliphatic hydroxyl groups is 1. The molecule has 126 valence electrons. The summed E-state index contributed by atoms with van der Waals surface area (Å²) >= 11 is 0. The summed E-state index contributed by atoms with van der Waals surface area (Å²) in [4.78, 5) is 26.7. The Bertz CT molecular complexity index is 412. The van der Waals surface area contributed by atoms with Gasteiger partial charge in [0.25, 0.3) is 0 Å². The highest BCUT2D eigenvalue weighted by atomic mass is 16.4. The largest absolute Gasteiger partial charge is 0.480 e. The fraction of sp³-hybridized carbons (Fsp3) is 0.867. The van der Waals surface area contributed by atoms with Crippen molar-refractivity contribution in [2.45, 2.75) is 63.8 Å². The Kier molecular flexibility index (Phi) is 5.63. The Morgan fingerprint density at radius 3 is 2.64 bits per heavy atom. The van der Waals surface area contributed by atoms with Gasteiger partial charge in [0.05, 0.1) is 18.7 Å². The molecule has 1 saturated heterocycles. The van der Waals surface area contributed by atoms with Crippen molar-refractivity contribution in [3.63, 3.8) is 0 Å². The molecule has 2 rings (SSSR count). The standard InChI is InChI=1S/C15H27N3O4/c1-3-17(9-14(20)21)12-7-11(8-12)16-15(22)18-6-4-5-13(19)10(18)2/h10-13,19H,3-9H2,1-2H3,(H,16,22)(H,20,21). The second kappa shape index (κ2) is 7.28. The molecule has 1 saturated carbocycles. The van der Waals surface area contributed by atoms with Crippen molar-refractivity contribution >= 4 is 12.0 Å². The molecule has 7 nitrogen and oxygen atoms in total. The van der Waals surface area contributed by atoms with Crippen LogP contribution in [0, 0.1) is 0 Å². The van der Waals surface area contributed by atoms with Gasteiger partial charge in [-0.1, -0.05) is 6.92 Å². The van der Waals surface area contributed by atoms with E-state index < -0.39 is 12.1 Å². The van der Waals surface area contributed by atoms with Crippen LogP contribution in [0.5, 0.6) is 0 Å². The number of hydrogen-bond acceptors (Lipinski definition) is 4. The molecule has 1 aliphatic heterocycles. The molecule has 2 amide bonds. The zero-order chi connectivity index (χ0) is 16.3. The molecule has 0 spiro atoms. The van der Waals surface area contributed by atoms with Crippen molar-refractivity contribution in [1.82, 2.24) is 15.1 Å². The number of nitrogens with zero attached hydrogens (tertiary/aromatic N) is 2. The molecule has 2 aliphatic rings. The maximum absolute atomic E-state index is 12.3. The summed E-state index contributed by atoms with van der Waals surface area (Å²) in [5, 5.41) is 21.7. The van der Waals surface area contributed by atoms with Crippen LogP contribution in [0.15, 0.2) is 0 Å². The zero-order valence-corrected chi connectivity index (χ0v) is 13.4.